The predicted molar refractivity (Wildman–Crippen MR) is 194 cm³/mol. The zero-order valence-corrected chi connectivity index (χ0v) is 27.5. The molecule has 0 saturated heterocycles. The van der Waals surface area contributed by atoms with E-state index in [1.54, 1.807) is 0 Å². The predicted octanol–water partition coefficient (Wildman–Crippen LogP) is 11.4. The van der Waals surface area contributed by atoms with Crippen molar-refractivity contribution in [2.45, 2.75) is 32.1 Å². The summed E-state index contributed by atoms with van der Waals surface area (Å²) in [6, 6.07) is 48.8. The van der Waals surface area contributed by atoms with Crippen LogP contribution in [0.4, 0.5) is 17.1 Å². The average molecular weight is 691 g/mol. The van der Waals surface area contributed by atoms with Gasteiger partial charge in [-0.3, -0.25) is 0 Å². The second kappa shape index (κ2) is 10.8. The van der Waals surface area contributed by atoms with E-state index < -0.39 is 0 Å². The normalized spacial score (nSPS) is 14.0. The van der Waals surface area contributed by atoms with Crippen LogP contribution in [0.1, 0.15) is 41.7 Å². The Morgan fingerprint density at radius 3 is 1.71 bits per heavy atom. The molecule has 6 aromatic carbocycles. The van der Waals surface area contributed by atoms with Gasteiger partial charge in [-0.2, -0.15) is 5.26 Å². The van der Waals surface area contributed by atoms with Gasteiger partial charge in [0, 0.05) is 14.7 Å². The Morgan fingerprint density at radius 2 is 1.11 bits per heavy atom. The zero-order valence-electron chi connectivity index (χ0n) is 25.3. The topological polar surface area (TPSA) is 27.0 Å². The number of anilines is 3. The van der Waals surface area contributed by atoms with Crippen molar-refractivity contribution in [3.05, 3.63) is 159 Å². The Kier molecular flexibility index (Phi) is 6.66. The van der Waals surface area contributed by atoms with Crippen LogP contribution < -0.4 is 4.90 Å². The summed E-state index contributed by atoms with van der Waals surface area (Å²) in [5, 5.41) is 9.95. The first kappa shape index (κ1) is 27.9. The Balaban J connectivity index is 1.38. The fourth-order valence-corrected chi connectivity index (χ4v) is 8.37. The van der Waals surface area contributed by atoms with Gasteiger partial charge in [-0.15, -0.1) is 0 Å². The monoisotopic (exact) mass is 690 g/mol. The fourth-order valence-electron chi connectivity index (χ4n) is 7.51. The molecule has 0 bridgehead atoms. The summed E-state index contributed by atoms with van der Waals surface area (Å²) in [5.74, 6) is 0. The summed E-state index contributed by atoms with van der Waals surface area (Å²) in [4.78, 5) is 2.45. The molecule has 0 N–H and O–H groups in total. The zero-order chi connectivity index (χ0) is 30.7. The minimum Gasteiger partial charge on any atom is -0.310 e. The lowest BCUT2D eigenvalue weighted by atomic mass is 9.73. The molecule has 8 rings (SSSR count). The van der Waals surface area contributed by atoms with Crippen molar-refractivity contribution in [2.75, 3.05) is 4.90 Å². The van der Waals surface area contributed by atoms with Crippen molar-refractivity contribution in [3.8, 4) is 39.4 Å². The highest BCUT2D eigenvalue weighted by atomic mass is 127. The van der Waals surface area contributed by atoms with E-state index in [4.69, 9.17) is 0 Å². The third kappa shape index (κ3) is 4.35. The van der Waals surface area contributed by atoms with Crippen LogP contribution in [0.5, 0.6) is 0 Å². The molecular weight excluding hydrogens is 659 g/mol. The smallest absolute Gasteiger partial charge is 0.100 e. The van der Waals surface area contributed by atoms with Crippen LogP contribution in [-0.4, -0.2) is 0 Å². The molecule has 0 fully saturated rings. The maximum absolute atomic E-state index is 9.95. The minimum absolute atomic E-state index is 0.103. The molecule has 0 amide bonds. The molecule has 0 radical (unpaired) electrons. The van der Waals surface area contributed by atoms with Gasteiger partial charge in [0.1, 0.15) is 6.07 Å². The molecule has 216 valence electrons. The average Bonchev–Trinajstić information content (AvgIpc) is 3.08. The summed E-state index contributed by atoms with van der Waals surface area (Å²) >= 11 is 2.39. The summed E-state index contributed by atoms with van der Waals surface area (Å²) in [5.41, 5.74) is 16.9. The Hall–Kier alpha value is -4.66. The van der Waals surface area contributed by atoms with Crippen LogP contribution in [0.3, 0.4) is 0 Å². The first-order valence-electron chi connectivity index (χ1n) is 15.5. The number of benzene rings is 6. The number of nitrogens with zero attached hydrogens (tertiary/aromatic N) is 2. The quantitative estimate of drug-likeness (QED) is 0.161. The van der Waals surface area contributed by atoms with Gasteiger partial charge in [-0.1, -0.05) is 111 Å². The van der Waals surface area contributed by atoms with E-state index in [1.807, 2.05) is 6.07 Å². The molecule has 0 atom stereocenters. The number of nitriles is 1. The molecule has 0 spiro atoms. The van der Waals surface area contributed by atoms with Crippen molar-refractivity contribution < 1.29 is 0 Å². The van der Waals surface area contributed by atoms with E-state index in [2.05, 4.69) is 169 Å². The Labute approximate surface area is 278 Å². The Bertz CT molecular complexity index is 2140. The molecule has 2 aliphatic rings. The van der Waals surface area contributed by atoms with E-state index in [0.29, 0.717) is 0 Å². The first-order valence-corrected chi connectivity index (χ1v) is 16.6. The lowest BCUT2D eigenvalue weighted by molar-refractivity contribution is 0.632. The number of hydrogen-bond donors (Lipinski definition) is 0. The van der Waals surface area contributed by atoms with Gasteiger partial charge in [-0.25, -0.2) is 0 Å². The van der Waals surface area contributed by atoms with Crippen LogP contribution in [0.15, 0.2) is 127 Å². The van der Waals surface area contributed by atoms with Gasteiger partial charge in [0.15, 0.2) is 0 Å². The summed E-state index contributed by atoms with van der Waals surface area (Å²) in [7, 11) is 0. The number of halogens is 1. The van der Waals surface area contributed by atoms with Gasteiger partial charge < -0.3 is 4.90 Å². The standard InChI is InChI=1S/C42H31IN2/c1-42(2)37-15-7-9-17-39(37)45(40-18-10-8-16-38(40)42)29-21-24-30-27(25-29)19-23-36-35(22-20-28(26-44)41(36)43)34-14-6-5-13-33(34)32-12-4-3-11-31(30)32/h3-18,20-22,24-25H,19,23H2,1-2H3. The maximum Gasteiger partial charge on any atom is 0.100 e. The number of aryl methyl sites for hydroxylation is 1. The van der Waals surface area contributed by atoms with Gasteiger partial charge >= 0.3 is 0 Å². The van der Waals surface area contributed by atoms with Crippen LogP contribution >= 0.6 is 22.6 Å². The number of hydrogen-bond acceptors (Lipinski definition) is 2. The first-order chi connectivity index (χ1) is 22.0. The van der Waals surface area contributed by atoms with Crippen LogP contribution in [0.25, 0.3) is 33.4 Å². The van der Waals surface area contributed by atoms with E-state index in [9.17, 15) is 5.26 Å². The molecule has 6 aromatic rings. The molecule has 0 unspecified atom stereocenters. The molecule has 45 heavy (non-hydrogen) atoms. The summed E-state index contributed by atoms with van der Waals surface area (Å²) in [6.45, 7) is 4.66. The third-order valence-electron chi connectivity index (χ3n) is 9.72. The van der Waals surface area contributed by atoms with E-state index in [-0.39, 0.29) is 5.41 Å². The highest BCUT2D eigenvalue weighted by Crippen LogP contribution is 2.52. The molecule has 2 nitrogen and oxygen atoms in total. The summed E-state index contributed by atoms with van der Waals surface area (Å²) < 4.78 is 1.05. The lowest BCUT2D eigenvalue weighted by Gasteiger charge is -2.42. The van der Waals surface area contributed by atoms with Gasteiger partial charge in [0.05, 0.1) is 16.9 Å². The maximum atomic E-state index is 9.95. The SMILES string of the molecule is CC1(C)c2ccccc2N(c2ccc3c(c2)CCc2c(ccc(C#N)c2I)-c2ccccc2-c2ccccc2-3)c2ccccc21. The van der Waals surface area contributed by atoms with Crippen molar-refractivity contribution in [1.82, 2.24) is 0 Å². The molecule has 3 heteroatoms. The number of rotatable bonds is 1. The van der Waals surface area contributed by atoms with Crippen molar-refractivity contribution in [3.63, 3.8) is 0 Å². The molecular formula is C42H31IN2. The molecule has 1 heterocycles. The highest BCUT2D eigenvalue weighted by Gasteiger charge is 2.36. The second-order valence-electron chi connectivity index (χ2n) is 12.5. The number of fused-ring (bicyclic) bond motifs is 9. The minimum atomic E-state index is -0.103. The molecule has 1 aliphatic heterocycles. The van der Waals surface area contributed by atoms with Gasteiger partial charge in [0.25, 0.3) is 0 Å². The van der Waals surface area contributed by atoms with Crippen LogP contribution in [-0.2, 0) is 18.3 Å². The third-order valence-corrected chi connectivity index (χ3v) is 10.9. The van der Waals surface area contributed by atoms with Crippen LogP contribution in [0.2, 0.25) is 0 Å². The van der Waals surface area contributed by atoms with Gasteiger partial charge in [0.2, 0.25) is 0 Å². The molecule has 1 aliphatic carbocycles. The largest absolute Gasteiger partial charge is 0.310 e. The fraction of sp³-hybridized carbons (Fsp3) is 0.119. The van der Waals surface area contributed by atoms with Crippen LogP contribution in [0, 0.1) is 14.9 Å². The van der Waals surface area contributed by atoms with Crippen molar-refractivity contribution in [1.29, 1.82) is 5.26 Å². The van der Waals surface area contributed by atoms with E-state index in [0.717, 1.165) is 22.0 Å². The number of para-hydroxylation sites is 2. The lowest BCUT2D eigenvalue weighted by Crippen LogP contribution is -2.30. The van der Waals surface area contributed by atoms with Crippen molar-refractivity contribution >= 4 is 39.7 Å². The van der Waals surface area contributed by atoms with Crippen molar-refractivity contribution in [2.24, 2.45) is 0 Å². The summed E-state index contributed by atoms with van der Waals surface area (Å²) in [6.07, 6.45) is 1.70. The highest BCUT2D eigenvalue weighted by molar-refractivity contribution is 14.1. The van der Waals surface area contributed by atoms with Gasteiger partial charge in [-0.05, 0) is 121 Å². The van der Waals surface area contributed by atoms with E-state index in [1.165, 1.54) is 72.7 Å². The van der Waals surface area contributed by atoms with E-state index >= 15 is 0 Å². The molecule has 0 aromatic heterocycles. The second-order valence-corrected chi connectivity index (χ2v) is 13.6. The molecule has 0 saturated carbocycles. The Morgan fingerprint density at radius 1 is 0.600 bits per heavy atom.